The molecule has 0 saturated heterocycles. The third kappa shape index (κ3) is 3.80. The minimum absolute atomic E-state index is 0.0263. The quantitative estimate of drug-likeness (QED) is 0.838. The second kappa shape index (κ2) is 6.35. The molecule has 1 aliphatic rings. The van der Waals surface area contributed by atoms with E-state index in [9.17, 15) is 4.79 Å². The predicted molar refractivity (Wildman–Crippen MR) is 73.1 cm³/mol. The highest BCUT2D eigenvalue weighted by molar-refractivity contribution is 5.82. The fourth-order valence-corrected chi connectivity index (χ4v) is 2.20. The molecule has 1 amide bonds. The Balaban J connectivity index is 1.95. The number of nitriles is 1. The molecule has 1 aromatic carbocycles. The first kappa shape index (κ1) is 13.6. The predicted octanol–water partition coefficient (Wildman–Crippen LogP) is 1.46. The number of benzene rings is 1. The van der Waals surface area contributed by atoms with Gasteiger partial charge in [0.05, 0.1) is 18.5 Å². The summed E-state index contributed by atoms with van der Waals surface area (Å²) in [5.74, 6) is -0.0263. The molecule has 19 heavy (non-hydrogen) atoms. The zero-order valence-electron chi connectivity index (χ0n) is 11.0. The lowest BCUT2D eigenvalue weighted by molar-refractivity contribution is -0.133. The van der Waals surface area contributed by atoms with Crippen molar-refractivity contribution in [2.45, 2.75) is 37.8 Å². The molecule has 0 unspecified atom stereocenters. The molecule has 4 nitrogen and oxygen atoms in total. The van der Waals surface area contributed by atoms with Gasteiger partial charge in [0.25, 0.3) is 0 Å². The third-order valence-electron chi connectivity index (χ3n) is 3.35. The molecule has 100 valence electrons. The molecule has 0 heterocycles. The van der Waals surface area contributed by atoms with Gasteiger partial charge in [-0.1, -0.05) is 30.3 Å². The van der Waals surface area contributed by atoms with Gasteiger partial charge in [-0.15, -0.1) is 0 Å². The summed E-state index contributed by atoms with van der Waals surface area (Å²) in [7, 11) is 0. The average Bonchev–Trinajstić information content (AvgIpc) is 3.24. The molecule has 1 aliphatic carbocycles. The molecule has 4 heteroatoms. The number of nitrogens with two attached hydrogens (primary N) is 1. The van der Waals surface area contributed by atoms with E-state index in [0.29, 0.717) is 25.4 Å². The van der Waals surface area contributed by atoms with E-state index in [2.05, 4.69) is 6.07 Å². The molecule has 0 radical (unpaired) electrons. The van der Waals surface area contributed by atoms with Crippen molar-refractivity contribution in [3.8, 4) is 6.07 Å². The first-order valence-corrected chi connectivity index (χ1v) is 6.69. The van der Waals surface area contributed by atoms with E-state index in [4.69, 9.17) is 11.0 Å². The van der Waals surface area contributed by atoms with Gasteiger partial charge in [0.15, 0.2) is 0 Å². The lowest BCUT2D eigenvalue weighted by Gasteiger charge is -2.24. The number of amides is 1. The van der Waals surface area contributed by atoms with Crippen molar-refractivity contribution in [2.24, 2.45) is 5.73 Å². The van der Waals surface area contributed by atoms with Crippen LogP contribution in [0.5, 0.6) is 0 Å². The normalized spacial score (nSPS) is 15.6. The highest BCUT2D eigenvalue weighted by atomic mass is 16.2. The Morgan fingerprint density at radius 3 is 2.68 bits per heavy atom. The van der Waals surface area contributed by atoms with Crippen LogP contribution in [-0.2, 0) is 11.2 Å². The molecule has 0 aromatic heterocycles. The number of carbonyl (C=O) groups is 1. The number of rotatable bonds is 6. The summed E-state index contributed by atoms with van der Waals surface area (Å²) in [5, 5.41) is 8.65. The van der Waals surface area contributed by atoms with Crippen molar-refractivity contribution in [2.75, 3.05) is 6.54 Å². The SMILES string of the molecule is N#CCCN(C(=O)[C@H](N)Cc1ccccc1)C1CC1. The fourth-order valence-electron chi connectivity index (χ4n) is 2.20. The third-order valence-corrected chi connectivity index (χ3v) is 3.35. The van der Waals surface area contributed by atoms with Crippen LogP contribution in [0.4, 0.5) is 0 Å². The maximum Gasteiger partial charge on any atom is 0.240 e. The van der Waals surface area contributed by atoms with Gasteiger partial charge < -0.3 is 10.6 Å². The molecule has 0 bridgehead atoms. The van der Waals surface area contributed by atoms with Crippen LogP contribution in [0.2, 0.25) is 0 Å². The van der Waals surface area contributed by atoms with Gasteiger partial charge in [0.1, 0.15) is 0 Å². The topological polar surface area (TPSA) is 70.1 Å². The van der Waals surface area contributed by atoms with Crippen LogP contribution in [0, 0.1) is 11.3 Å². The summed E-state index contributed by atoms with van der Waals surface area (Å²) in [6, 6.07) is 11.7. The van der Waals surface area contributed by atoms with E-state index in [1.165, 1.54) is 0 Å². The van der Waals surface area contributed by atoms with Crippen LogP contribution in [0.1, 0.15) is 24.8 Å². The van der Waals surface area contributed by atoms with E-state index in [-0.39, 0.29) is 5.91 Å². The highest BCUT2D eigenvalue weighted by Gasteiger charge is 2.34. The zero-order chi connectivity index (χ0) is 13.7. The van der Waals surface area contributed by atoms with Crippen molar-refractivity contribution < 1.29 is 4.79 Å². The largest absolute Gasteiger partial charge is 0.337 e. The van der Waals surface area contributed by atoms with Gasteiger partial charge in [-0.25, -0.2) is 0 Å². The van der Waals surface area contributed by atoms with Crippen LogP contribution in [0.3, 0.4) is 0 Å². The van der Waals surface area contributed by atoms with E-state index in [1.807, 2.05) is 30.3 Å². The Morgan fingerprint density at radius 2 is 2.11 bits per heavy atom. The minimum atomic E-state index is -0.512. The van der Waals surface area contributed by atoms with Crippen molar-refractivity contribution >= 4 is 5.91 Å². The van der Waals surface area contributed by atoms with Gasteiger partial charge in [-0.3, -0.25) is 4.79 Å². The van der Waals surface area contributed by atoms with Gasteiger partial charge >= 0.3 is 0 Å². The Morgan fingerprint density at radius 1 is 1.42 bits per heavy atom. The molecule has 1 aromatic rings. The summed E-state index contributed by atoms with van der Waals surface area (Å²) in [6.07, 6.45) is 3.00. The minimum Gasteiger partial charge on any atom is -0.337 e. The molecule has 1 atom stereocenters. The summed E-state index contributed by atoms with van der Waals surface area (Å²) in [5.41, 5.74) is 7.08. The molecule has 0 aliphatic heterocycles. The summed E-state index contributed by atoms with van der Waals surface area (Å²) in [4.78, 5) is 14.1. The van der Waals surface area contributed by atoms with Crippen molar-refractivity contribution in [3.05, 3.63) is 35.9 Å². The number of hydrogen-bond acceptors (Lipinski definition) is 3. The standard InChI is InChI=1S/C15H19N3O/c16-9-4-10-18(13-7-8-13)15(19)14(17)11-12-5-2-1-3-6-12/h1-3,5-6,13-14H,4,7-8,10-11,17H2/t14-/m1/s1. The number of carbonyl (C=O) groups excluding carboxylic acids is 1. The lowest BCUT2D eigenvalue weighted by atomic mass is 10.1. The zero-order valence-corrected chi connectivity index (χ0v) is 11.0. The second-order valence-corrected chi connectivity index (χ2v) is 4.97. The van der Waals surface area contributed by atoms with Crippen LogP contribution < -0.4 is 5.73 Å². The van der Waals surface area contributed by atoms with Gasteiger partial charge in [0.2, 0.25) is 5.91 Å². The summed E-state index contributed by atoms with van der Waals surface area (Å²) in [6.45, 7) is 0.502. The average molecular weight is 257 g/mol. The monoisotopic (exact) mass is 257 g/mol. The van der Waals surface area contributed by atoms with Gasteiger partial charge in [-0.05, 0) is 24.8 Å². The maximum absolute atomic E-state index is 12.3. The van der Waals surface area contributed by atoms with Crippen LogP contribution in [0.15, 0.2) is 30.3 Å². The Kier molecular flexibility index (Phi) is 4.53. The molecule has 1 saturated carbocycles. The molecule has 0 spiro atoms. The van der Waals surface area contributed by atoms with Gasteiger partial charge in [0, 0.05) is 12.6 Å². The Bertz CT molecular complexity index is 462. The van der Waals surface area contributed by atoms with Crippen LogP contribution in [0.25, 0.3) is 0 Å². The maximum atomic E-state index is 12.3. The molecular formula is C15H19N3O. The molecule has 2 N–H and O–H groups in total. The molecular weight excluding hydrogens is 238 g/mol. The van der Waals surface area contributed by atoms with E-state index >= 15 is 0 Å². The van der Waals surface area contributed by atoms with Gasteiger partial charge in [-0.2, -0.15) is 5.26 Å². The van der Waals surface area contributed by atoms with E-state index in [0.717, 1.165) is 18.4 Å². The first-order valence-electron chi connectivity index (χ1n) is 6.69. The van der Waals surface area contributed by atoms with E-state index < -0.39 is 6.04 Å². The van der Waals surface area contributed by atoms with E-state index in [1.54, 1.807) is 4.90 Å². The number of nitrogens with zero attached hydrogens (tertiary/aromatic N) is 2. The Labute approximate surface area is 113 Å². The van der Waals surface area contributed by atoms with Crippen molar-refractivity contribution in [1.29, 1.82) is 5.26 Å². The summed E-state index contributed by atoms with van der Waals surface area (Å²) < 4.78 is 0. The number of hydrogen-bond donors (Lipinski definition) is 1. The fraction of sp³-hybridized carbons (Fsp3) is 0.467. The molecule has 1 fully saturated rings. The smallest absolute Gasteiger partial charge is 0.240 e. The van der Waals surface area contributed by atoms with Crippen LogP contribution >= 0.6 is 0 Å². The Hall–Kier alpha value is -1.86. The second-order valence-electron chi connectivity index (χ2n) is 4.97. The lowest BCUT2D eigenvalue weighted by Crippen LogP contribution is -2.46. The highest BCUT2D eigenvalue weighted by Crippen LogP contribution is 2.27. The van der Waals surface area contributed by atoms with Crippen molar-refractivity contribution in [1.82, 2.24) is 4.90 Å². The first-order chi connectivity index (χ1) is 9.22. The van der Waals surface area contributed by atoms with Crippen molar-refractivity contribution in [3.63, 3.8) is 0 Å². The summed E-state index contributed by atoms with van der Waals surface area (Å²) >= 11 is 0. The van der Waals surface area contributed by atoms with Crippen LogP contribution in [-0.4, -0.2) is 29.4 Å². The molecule has 2 rings (SSSR count).